The summed E-state index contributed by atoms with van der Waals surface area (Å²) in [7, 11) is -4.02. The lowest BCUT2D eigenvalue weighted by molar-refractivity contribution is 0.0951. The number of nitrogens with one attached hydrogen (secondary N) is 2. The van der Waals surface area contributed by atoms with Gasteiger partial charge in [0, 0.05) is 23.7 Å². The number of sulfonamides is 1. The molecule has 0 aliphatic carbocycles. The Morgan fingerprint density at radius 3 is 2.50 bits per heavy atom. The number of carbonyl (C=O) groups excluding carboxylic acids is 1. The minimum Gasteiger partial charge on any atom is -0.396 e. The van der Waals surface area contributed by atoms with Crippen molar-refractivity contribution < 1.29 is 18.3 Å². The van der Waals surface area contributed by atoms with E-state index in [9.17, 15) is 13.2 Å². The van der Waals surface area contributed by atoms with Gasteiger partial charge in [-0.05, 0) is 49.2 Å². The number of benzene rings is 2. The molecular formula is C17H18Cl2N2O4S. The van der Waals surface area contributed by atoms with Gasteiger partial charge in [0.05, 0.1) is 10.7 Å². The summed E-state index contributed by atoms with van der Waals surface area (Å²) in [5.41, 5.74) is 1.25. The van der Waals surface area contributed by atoms with Crippen molar-refractivity contribution in [1.82, 2.24) is 5.32 Å². The Labute approximate surface area is 162 Å². The number of amides is 1. The highest BCUT2D eigenvalue weighted by atomic mass is 35.5. The van der Waals surface area contributed by atoms with E-state index >= 15 is 0 Å². The van der Waals surface area contributed by atoms with Gasteiger partial charge in [0.1, 0.15) is 4.90 Å². The Morgan fingerprint density at radius 2 is 1.85 bits per heavy atom. The first kappa shape index (κ1) is 20.5. The summed E-state index contributed by atoms with van der Waals surface area (Å²) in [5, 5.41) is 11.7. The molecule has 2 rings (SSSR count). The summed E-state index contributed by atoms with van der Waals surface area (Å²) < 4.78 is 27.7. The highest BCUT2D eigenvalue weighted by molar-refractivity contribution is 7.92. The third-order valence-electron chi connectivity index (χ3n) is 3.53. The van der Waals surface area contributed by atoms with E-state index in [-0.39, 0.29) is 34.3 Å². The van der Waals surface area contributed by atoms with Gasteiger partial charge in [0.25, 0.3) is 15.9 Å². The number of hydrogen-bond donors (Lipinski definition) is 3. The second kappa shape index (κ2) is 8.73. The van der Waals surface area contributed by atoms with Crippen LogP contribution < -0.4 is 10.0 Å². The predicted octanol–water partition coefficient (Wildman–Crippen LogP) is 3.21. The second-order valence-corrected chi connectivity index (χ2v) is 8.01. The molecule has 0 atom stereocenters. The zero-order valence-electron chi connectivity index (χ0n) is 13.9. The number of anilines is 1. The van der Waals surface area contributed by atoms with Crippen LogP contribution in [0.15, 0.2) is 41.3 Å². The topological polar surface area (TPSA) is 95.5 Å². The molecule has 0 saturated heterocycles. The highest BCUT2D eigenvalue weighted by Gasteiger charge is 2.20. The van der Waals surface area contributed by atoms with Gasteiger partial charge in [-0.25, -0.2) is 8.42 Å². The van der Waals surface area contributed by atoms with Crippen molar-refractivity contribution in [3.05, 3.63) is 57.6 Å². The van der Waals surface area contributed by atoms with E-state index in [0.717, 1.165) is 5.56 Å². The molecule has 0 aliphatic heterocycles. The van der Waals surface area contributed by atoms with Crippen molar-refractivity contribution in [1.29, 1.82) is 0 Å². The van der Waals surface area contributed by atoms with Gasteiger partial charge < -0.3 is 10.4 Å². The number of hydrogen-bond acceptors (Lipinski definition) is 4. The van der Waals surface area contributed by atoms with E-state index in [1.54, 1.807) is 19.1 Å². The maximum Gasteiger partial charge on any atom is 0.263 e. The number of aliphatic hydroxyl groups excluding tert-OH is 1. The average molecular weight is 417 g/mol. The molecule has 0 unspecified atom stereocenters. The van der Waals surface area contributed by atoms with Crippen LogP contribution in [0, 0.1) is 6.92 Å². The van der Waals surface area contributed by atoms with Crippen LogP contribution in [0.1, 0.15) is 22.3 Å². The zero-order valence-corrected chi connectivity index (χ0v) is 16.2. The van der Waals surface area contributed by atoms with Crippen molar-refractivity contribution in [2.24, 2.45) is 0 Å². The van der Waals surface area contributed by atoms with Crippen LogP contribution in [0.5, 0.6) is 0 Å². The van der Waals surface area contributed by atoms with Crippen molar-refractivity contribution in [3.8, 4) is 0 Å². The molecule has 0 spiro atoms. The molecule has 0 bridgehead atoms. The first-order chi connectivity index (χ1) is 12.2. The first-order valence-electron chi connectivity index (χ1n) is 7.72. The average Bonchev–Trinajstić information content (AvgIpc) is 2.58. The Bertz CT molecular complexity index is 917. The fourth-order valence-electron chi connectivity index (χ4n) is 2.10. The second-order valence-electron chi connectivity index (χ2n) is 5.55. The van der Waals surface area contributed by atoms with Crippen molar-refractivity contribution >= 4 is 44.8 Å². The normalized spacial score (nSPS) is 11.2. The fourth-order valence-corrected chi connectivity index (χ4v) is 3.86. The summed E-state index contributed by atoms with van der Waals surface area (Å²) in [6.45, 7) is 2.03. The lowest BCUT2D eigenvalue weighted by Crippen LogP contribution is -2.25. The largest absolute Gasteiger partial charge is 0.396 e. The molecule has 1 amide bonds. The van der Waals surface area contributed by atoms with E-state index < -0.39 is 15.9 Å². The fraction of sp³-hybridized carbons (Fsp3) is 0.235. The van der Waals surface area contributed by atoms with Crippen LogP contribution in [0.4, 0.5) is 5.69 Å². The van der Waals surface area contributed by atoms with Crippen LogP contribution in [-0.2, 0) is 10.0 Å². The van der Waals surface area contributed by atoms with Crippen molar-refractivity contribution in [2.45, 2.75) is 18.2 Å². The first-order valence-corrected chi connectivity index (χ1v) is 9.96. The van der Waals surface area contributed by atoms with Gasteiger partial charge in [-0.1, -0.05) is 29.3 Å². The standard InChI is InChI=1S/C17H18Cl2N2O4S/c1-11-3-5-13(10-15(11)19)21-26(24,25)16-9-12(4-6-14(16)18)17(23)20-7-2-8-22/h3-6,9-10,21-22H,2,7-8H2,1H3,(H,20,23). The third-order valence-corrected chi connectivity index (χ3v) is 5.80. The number of rotatable bonds is 7. The number of carbonyl (C=O) groups is 1. The van der Waals surface area contributed by atoms with Crippen LogP contribution in [0.25, 0.3) is 0 Å². The minimum atomic E-state index is -4.02. The molecule has 2 aromatic carbocycles. The molecule has 0 aromatic heterocycles. The summed E-state index contributed by atoms with van der Waals surface area (Å²) in [5.74, 6) is -0.454. The van der Waals surface area contributed by atoms with E-state index in [0.29, 0.717) is 11.4 Å². The lowest BCUT2D eigenvalue weighted by atomic mass is 10.2. The van der Waals surface area contributed by atoms with Crippen LogP contribution >= 0.6 is 23.2 Å². The highest BCUT2D eigenvalue weighted by Crippen LogP contribution is 2.27. The van der Waals surface area contributed by atoms with Crippen LogP contribution in [-0.4, -0.2) is 32.6 Å². The van der Waals surface area contributed by atoms with Crippen LogP contribution in [0.3, 0.4) is 0 Å². The maximum atomic E-state index is 12.7. The summed E-state index contributed by atoms with van der Waals surface area (Å²) in [6, 6.07) is 8.74. The number of aryl methyl sites for hydroxylation is 1. The predicted molar refractivity (Wildman–Crippen MR) is 102 cm³/mol. The zero-order chi connectivity index (χ0) is 19.3. The van der Waals surface area contributed by atoms with E-state index in [1.165, 1.54) is 24.3 Å². The van der Waals surface area contributed by atoms with E-state index in [4.69, 9.17) is 28.3 Å². The van der Waals surface area contributed by atoms with Gasteiger partial charge in [-0.3, -0.25) is 9.52 Å². The molecule has 0 saturated carbocycles. The minimum absolute atomic E-state index is 0.0115. The van der Waals surface area contributed by atoms with Crippen LogP contribution in [0.2, 0.25) is 10.0 Å². The smallest absolute Gasteiger partial charge is 0.263 e. The Hall–Kier alpha value is -1.80. The molecular weight excluding hydrogens is 399 g/mol. The summed E-state index contributed by atoms with van der Waals surface area (Å²) >= 11 is 12.0. The quantitative estimate of drug-likeness (QED) is 0.603. The number of halogens is 2. The molecule has 3 N–H and O–H groups in total. The van der Waals surface area contributed by atoms with Gasteiger partial charge >= 0.3 is 0 Å². The summed E-state index contributed by atoms with van der Waals surface area (Å²) in [6.07, 6.45) is 0.403. The van der Waals surface area contributed by atoms with Gasteiger partial charge in [0.15, 0.2) is 0 Å². The molecule has 9 heteroatoms. The molecule has 0 fully saturated rings. The SMILES string of the molecule is Cc1ccc(NS(=O)(=O)c2cc(C(=O)NCCCO)ccc2Cl)cc1Cl. The molecule has 26 heavy (non-hydrogen) atoms. The van der Waals surface area contributed by atoms with E-state index in [2.05, 4.69) is 10.0 Å². The molecule has 2 aromatic rings. The molecule has 6 nitrogen and oxygen atoms in total. The number of aliphatic hydroxyl groups is 1. The Morgan fingerprint density at radius 1 is 1.12 bits per heavy atom. The van der Waals surface area contributed by atoms with Gasteiger partial charge in [0.2, 0.25) is 0 Å². The maximum absolute atomic E-state index is 12.7. The van der Waals surface area contributed by atoms with Gasteiger partial charge in [-0.2, -0.15) is 0 Å². The summed E-state index contributed by atoms with van der Waals surface area (Å²) in [4.78, 5) is 11.9. The Balaban J connectivity index is 2.29. The Kier molecular flexibility index (Phi) is 6.88. The van der Waals surface area contributed by atoms with Crippen molar-refractivity contribution in [2.75, 3.05) is 17.9 Å². The molecule has 0 heterocycles. The molecule has 140 valence electrons. The van der Waals surface area contributed by atoms with E-state index in [1.807, 2.05) is 0 Å². The third kappa shape index (κ3) is 5.11. The molecule has 0 radical (unpaired) electrons. The monoisotopic (exact) mass is 416 g/mol. The van der Waals surface area contributed by atoms with Crippen molar-refractivity contribution in [3.63, 3.8) is 0 Å². The molecule has 0 aliphatic rings. The van der Waals surface area contributed by atoms with Gasteiger partial charge in [-0.15, -0.1) is 0 Å². The lowest BCUT2D eigenvalue weighted by Gasteiger charge is -2.12.